The highest BCUT2D eigenvalue weighted by Gasteiger charge is 2.32. The van der Waals surface area contributed by atoms with E-state index in [2.05, 4.69) is 41.3 Å². The highest BCUT2D eigenvalue weighted by atomic mass is 15.1. The van der Waals surface area contributed by atoms with Crippen LogP contribution in [0.4, 0.5) is 0 Å². The molecule has 1 fully saturated rings. The first kappa shape index (κ1) is 15.5. The van der Waals surface area contributed by atoms with Crippen LogP contribution in [0.1, 0.15) is 44.6 Å². The van der Waals surface area contributed by atoms with Gasteiger partial charge in [0.15, 0.2) is 0 Å². The fourth-order valence-corrected chi connectivity index (χ4v) is 3.51. The molecule has 0 bridgehead atoms. The fourth-order valence-electron chi connectivity index (χ4n) is 3.51. The third-order valence-electron chi connectivity index (χ3n) is 4.47. The molecule has 0 saturated heterocycles. The minimum Gasteiger partial charge on any atom is -0.316 e. The molecule has 112 valence electrons. The first-order valence-corrected chi connectivity index (χ1v) is 8.02. The van der Waals surface area contributed by atoms with Gasteiger partial charge in [-0.15, -0.1) is 0 Å². The summed E-state index contributed by atoms with van der Waals surface area (Å²) >= 11 is 0. The average molecular weight is 275 g/mol. The van der Waals surface area contributed by atoms with E-state index < -0.39 is 0 Å². The zero-order chi connectivity index (χ0) is 14.3. The minimum absolute atomic E-state index is 0.482. The van der Waals surface area contributed by atoms with Crippen LogP contribution in [0, 0.1) is 5.41 Å². The lowest BCUT2D eigenvalue weighted by Gasteiger charge is -2.40. The first-order chi connectivity index (χ1) is 9.74. The molecule has 0 aromatic carbocycles. The van der Waals surface area contributed by atoms with Crippen molar-refractivity contribution in [3.05, 3.63) is 30.1 Å². The van der Waals surface area contributed by atoms with E-state index in [0.29, 0.717) is 5.41 Å². The molecular formula is C17H29N3. The number of aromatic nitrogens is 1. The van der Waals surface area contributed by atoms with Crippen molar-refractivity contribution >= 4 is 0 Å². The van der Waals surface area contributed by atoms with Gasteiger partial charge in [-0.2, -0.15) is 0 Å². The predicted octanol–water partition coefficient (Wildman–Crippen LogP) is 3.07. The summed E-state index contributed by atoms with van der Waals surface area (Å²) in [7, 11) is 2.25. The molecule has 0 spiro atoms. The lowest BCUT2D eigenvalue weighted by atomic mass is 9.73. The normalized spacial score (nSPS) is 18.4. The van der Waals surface area contributed by atoms with E-state index >= 15 is 0 Å². The maximum Gasteiger partial charge on any atom is 0.0271 e. The van der Waals surface area contributed by atoms with E-state index in [9.17, 15) is 0 Å². The van der Waals surface area contributed by atoms with Crippen molar-refractivity contribution in [1.82, 2.24) is 15.2 Å². The van der Waals surface area contributed by atoms with Crippen molar-refractivity contribution in [2.75, 3.05) is 26.7 Å². The summed E-state index contributed by atoms with van der Waals surface area (Å²) in [5, 5.41) is 3.59. The molecule has 1 aliphatic carbocycles. The topological polar surface area (TPSA) is 28.2 Å². The van der Waals surface area contributed by atoms with E-state index in [1.807, 2.05) is 12.4 Å². The van der Waals surface area contributed by atoms with Crippen molar-refractivity contribution in [3.63, 3.8) is 0 Å². The number of hydrogen-bond donors (Lipinski definition) is 1. The van der Waals surface area contributed by atoms with Crippen LogP contribution in [0.15, 0.2) is 24.5 Å². The van der Waals surface area contributed by atoms with Gasteiger partial charge in [0.2, 0.25) is 0 Å². The van der Waals surface area contributed by atoms with Crippen LogP contribution in [0.2, 0.25) is 0 Å². The molecule has 3 heteroatoms. The Hall–Kier alpha value is -0.930. The molecule has 1 aliphatic rings. The summed E-state index contributed by atoms with van der Waals surface area (Å²) in [5.41, 5.74) is 1.84. The lowest BCUT2D eigenvalue weighted by Crippen LogP contribution is -2.44. The highest BCUT2D eigenvalue weighted by Crippen LogP contribution is 2.36. The summed E-state index contributed by atoms with van der Waals surface area (Å²) in [6.45, 7) is 6.68. The van der Waals surface area contributed by atoms with Crippen molar-refractivity contribution < 1.29 is 0 Å². The summed E-state index contributed by atoms with van der Waals surface area (Å²) in [4.78, 5) is 6.58. The van der Waals surface area contributed by atoms with Crippen LogP contribution in [0.5, 0.6) is 0 Å². The molecule has 0 amide bonds. The fraction of sp³-hybridized carbons (Fsp3) is 0.706. The van der Waals surface area contributed by atoms with E-state index in [4.69, 9.17) is 0 Å². The standard InChI is InChI=1S/C17H29N3/c1-3-18-14-17(9-5-4-6-10-17)15-20(2)13-16-7-11-19-12-8-16/h7-8,11-12,18H,3-6,9-10,13-15H2,1-2H3. The second kappa shape index (κ2) is 7.75. The Kier molecular flexibility index (Phi) is 5.99. The monoisotopic (exact) mass is 275 g/mol. The second-order valence-corrected chi connectivity index (χ2v) is 6.37. The Labute approximate surface area is 123 Å². The van der Waals surface area contributed by atoms with E-state index in [-0.39, 0.29) is 0 Å². The molecule has 1 aromatic heterocycles. The maximum absolute atomic E-state index is 4.09. The molecule has 0 aliphatic heterocycles. The summed E-state index contributed by atoms with van der Waals surface area (Å²) in [6, 6.07) is 4.24. The third kappa shape index (κ3) is 4.57. The zero-order valence-corrected chi connectivity index (χ0v) is 13.1. The Morgan fingerprint density at radius 3 is 2.55 bits per heavy atom. The van der Waals surface area contributed by atoms with Crippen molar-refractivity contribution in [3.8, 4) is 0 Å². The maximum atomic E-state index is 4.09. The van der Waals surface area contributed by atoms with Gasteiger partial charge in [-0.05, 0) is 49.5 Å². The molecule has 2 rings (SSSR count). The molecule has 3 nitrogen and oxygen atoms in total. The molecule has 1 heterocycles. The van der Waals surface area contributed by atoms with Gasteiger partial charge >= 0.3 is 0 Å². The van der Waals surface area contributed by atoms with Crippen molar-refractivity contribution in [1.29, 1.82) is 0 Å². The Morgan fingerprint density at radius 1 is 1.20 bits per heavy atom. The van der Waals surface area contributed by atoms with Crippen LogP contribution in [-0.2, 0) is 6.54 Å². The number of hydrogen-bond acceptors (Lipinski definition) is 3. The smallest absolute Gasteiger partial charge is 0.0271 e. The lowest BCUT2D eigenvalue weighted by molar-refractivity contribution is 0.114. The van der Waals surface area contributed by atoms with E-state index in [1.54, 1.807) is 0 Å². The Morgan fingerprint density at radius 2 is 1.90 bits per heavy atom. The summed E-state index contributed by atoms with van der Waals surface area (Å²) in [5.74, 6) is 0. The van der Waals surface area contributed by atoms with Crippen LogP contribution in [-0.4, -0.2) is 36.6 Å². The van der Waals surface area contributed by atoms with Gasteiger partial charge in [0, 0.05) is 32.0 Å². The Balaban J connectivity index is 1.92. The number of pyridine rings is 1. The summed E-state index contributed by atoms with van der Waals surface area (Å²) < 4.78 is 0. The molecule has 0 unspecified atom stereocenters. The molecule has 0 radical (unpaired) electrons. The molecule has 1 aromatic rings. The third-order valence-corrected chi connectivity index (χ3v) is 4.47. The van der Waals surface area contributed by atoms with Gasteiger partial charge < -0.3 is 10.2 Å². The van der Waals surface area contributed by atoms with Gasteiger partial charge in [-0.1, -0.05) is 26.2 Å². The number of rotatable bonds is 7. The van der Waals surface area contributed by atoms with Crippen LogP contribution < -0.4 is 5.32 Å². The van der Waals surface area contributed by atoms with Gasteiger partial charge in [-0.3, -0.25) is 4.98 Å². The van der Waals surface area contributed by atoms with E-state index in [1.165, 1.54) is 50.8 Å². The Bertz CT molecular complexity index is 371. The highest BCUT2D eigenvalue weighted by molar-refractivity contribution is 5.09. The van der Waals surface area contributed by atoms with Crippen LogP contribution in [0.3, 0.4) is 0 Å². The van der Waals surface area contributed by atoms with Crippen molar-refractivity contribution in [2.24, 2.45) is 5.41 Å². The SMILES string of the molecule is CCNCC1(CN(C)Cc2ccncc2)CCCCC1. The first-order valence-electron chi connectivity index (χ1n) is 8.02. The van der Waals surface area contributed by atoms with Crippen LogP contribution >= 0.6 is 0 Å². The molecular weight excluding hydrogens is 246 g/mol. The minimum atomic E-state index is 0.482. The average Bonchev–Trinajstić information content (AvgIpc) is 2.47. The second-order valence-electron chi connectivity index (χ2n) is 6.37. The summed E-state index contributed by atoms with van der Waals surface area (Å²) in [6.07, 6.45) is 10.7. The van der Waals surface area contributed by atoms with Crippen LogP contribution in [0.25, 0.3) is 0 Å². The quantitative estimate of drug-likeness (QED) is 0.829. The molecule has 0 atom stereocenters. The largest absolute Gasteiger partial charge is 0.316 e. The molecule has 1 N–H and O–H groups in total. The van der Waals surface area contributed by atoms with Gasteiger partial charge in [-0.25, -0.2) is 0 Å². The zero-order valence-electron chi connectivity index (χ0n) is 13.1. The molecule has 20 heavy (non-hydrogen) atoms. The van der Waals surface area contributed by atoms with Crippen molar-refractivity contribution in [2.45, 2.75) is 45.6 Å². The van der Waals surface area contributed by atoms with E-state index in [0.717, 1.165) is 13.1 Å². The van der Waals surface area contributed by atoms with Gasteiger partial charge in [0.05, 0.1) is 0 Å². The molecule has 1 saturated carbocycles. The van der Waals surface area contributed by atoms with Gasteiger partial charge in [0.1, 0.15) is 0 Å². The predicted molar refractivity (Wildman–Crippen MR) is 84.6 cm³/mol. The van der Waals surface area contributed by atoms with Gasteiger partial charge in [0.25, 0.3) is 0 Å². The number of nitrogens with one attached hydrogen (secondary N) is 1. The number of nitrogens with zero attached hydrogens (tertiary/aromatic N) is 2.